The van der Waals surface area contributed by atoms with E-state index in [1.165, 1.54) is 0 Å². The molecule has 0 aliphatic carbocycles. The zero-order chi connectivity index (χ0) is 12.7. The second-order valence-corrected chi connectivity index (χ2v) is 3.94. The second-order valence-electron chi connectivity index (χ2n) is 3.94. The molecule has 17 heavy (non-hydrogen) atoms. The maximum Gasteiger partial charge on any atom is 0.305 e. The third-order valence-corrected chi connectivity index (χ3v) is 2.50. The lowest BCUT2D eigenvalue weighted by Gasteiger charge is -2.12. The summed E-state index contributed by atoms with van der Waals surface area (Å²) >= 11 is 0. The molecule has 1 atom stereocenters. The van der Waals surface area contributed by atoms with Crippen LogP contribution in [0.4, 0.5) is 0 Å². The fourth-order valence-electron chi connectivity index (χ4n) is 1.60. The minimum atomic E-state index is -0.222. The molecular formula is C13H19NO3. The number of carbonyl (C=O) groups excluding carboxylic acids is 1. The maximum absolute atomic E-state index is 11.1. The van der Waals surface area contributed by atoms with Gasteiger partial charge in [0, 0.05) is 12.5 Å². The van der Waals surface area contributed by atoms with Crippen molar-refractivity contribution in [2.75, 3.05) is 6.61 Å². The topological polar surface area (TPSA) is 72.5 Å². The standard InChI is InChI=1S/C13H19NO3/c1-2-17-13(16)8-7-11(14)9-10-5-3-4-6-12(10)15/h3-6,11,15H,2,7-9,14H2,1H3. The third kappa shape index (κ3) is 4.87. The van der Waals surface area contributed by atoms with Gasteiger partial charge in [-0.05, 0) is 31.4 Å². The first-order valence-electron chi connectivity index (χ1n) is 5.81. The molecule has 0 amide bonds. The number of phenols is 1. The minimum absolute atomic E-state index is 0.146. The number of ether oxygens (including phenoxy) is 1. The van der Waals surface area contributed by atoms with Crippen molar-refractivity contribution in [2.45, 2.75) is 32.2 Å². The number of nitrogens with two attached hydrogens (primary N) is 1. The molecule has 0 heterocycles. The molecule has 0 saturated heterocycles. The molecule has 1 aromatic rings. The number of esters is 1. The van der Waals surface area contributed by atoms with Crippen molar-refractivity contribution >= 4 is 5.97 Å². The Morgan fingerprint density at radius 1 is 1.47 bits per heavy atom. The van der Waals surface area contributed by atoms with E-state index >= 15 is 0 Å². The lowest BCUT2D eigenvalue weighted by Crippen LogP contribution is -2.24. The average molecular weight is 237 g/mol. The lowest BCUT2D eigenvalue weighted by atomic mass is 10.0. The van der Waals surface area contributed by atoms with Crippen LogP contribution in [-0.4, -0.2) is 23.7 Å². The van der Waals surface area contributed by atoms with Crippen LogP contribution in [0.5, 0.6) is 5.75 Å². The molecule has 3 N–H and O–H groups in total. The van der Waals surface area contributed by atoms with Crippen LogP contribution in [0, 0.1) is 0 Å². The Labute approximate surface area is 101 Å². The van der Waals surface area contributed by atoms with Gasteiger partial charge >= 0.3 is 5.97 Å². The van der Waals surface area contributed by atoms with Gasteiger partial charge in [-0.3, -0.25) is 4.79 Å². The normalized spacial score (nSPS) is 12.1. The first-order valence-corrected chi connectivity index (χ1v) is 5.81. The summed E-state index contributed by atoms with van der Waals surface area (Å²) in [7, 11) is 0. The number of aromatic hydroxyl groups is 1. The molecule has 1 aromatic carbocycles. The Balaban J connectivity index is 2.37. The number of para-hydroxylation sites is 1. The Morgan fingerprint density at radius 2 is 2.18 bits per heavy atom. The van der Waals surface area contributed by atoms with Gasteiger partial charge in [0.2, 0.25) is 0 Å². The van der Waals surface area contributed by atoms with Crippen molar-refractivity contribution in [3.05, 3.63) is 29.8 Å². The summed E-state index contributed by atoms with van der Waals surface area (Å²) in [6.45, 7) is 2.17. The largest absolute Gasteiger partial charge is 0.508 e. The Bertz CT molecular complexity index is 365. The van der Waals surface area contributed by atoms with E-state index in [1.807, 2.05) is 12.1 Å². The fourth-order valence-corrected chi connectivity index (χ4v) is 1.60. The number of hydrogen-bond acceptors (Lipinski definition) is 4. The highest BCUT2D eigenvalue weighted by atomic mass is 16.5. The van der Waals surface area contributed by atoms with Gasteiger partial charge in [0.1, 0.15) is 5.75 Å². The summed E-state index contributed by atoms with van der Waals surface area (Å²) in [5.74, 6) is 0.0271. The monoisotopic (exact) mass is 237 g/mol. The third-order valence-electron chi connectivity index (χ3n) is 2.50. The molecule has 4 nitrogen and oxygen atoms in total. The van der Waals surface area contributed by atoms with Crippen LogP contribution in [0.25, 0.3) is 0 Å². The molecule has 0 saturated carbocycles. The smallest absolute Gasteiger partial charge is 0.305 e. The van der Waals surface area contributed by atoms with E-state index in [-0.39, 0.29) is 17.8 Å². The molecule has 0 aliphatic heterocycles. The van der Waals surface area contributed by atoms with Gasteiger partial charge in [0.05, 0.1) is 6.61 Å². The maximum atomic E-state index is 11.1. The van der Waals surface area contributed by atoms with Crippen LogP contribution >= 0.6 is 0 Å². The van der Waals surface area contributed by atoms with Crippen LogP contribution in [0.3, 0.4) is 0 Å². The first-order chi connectivity index (χ1) is 8.13. The number of carbonyl (C=O) groups is 1. The Morgan fingerprint density at radius 3 is 2.82 bits per heavy atom. The fraction of sp³-hybridized carbons (Fsp3) is 0.462. The number of rotatable bonds is 6. The van der Waals surface area contributed by atoms with Crippen molar-refractivity contribution < 1.29 is 14.6 Å². The van der Waals surface area contributed by atoms with Gasteiger partial charge < -0.3 is 15.6 Å². The molecule has 0 radical (unpaired) electrons. The van der Waals surface area contributed by atoms with Crippen molar-refractivity contribution in [3.8, 4) is 5.75 Å². The second kappa shape index (κ2) is 6.91. The number of benzene rings is 1. The van der Waals surface area contributed by atoms with Gasteiger partial charge in [-0.2, -0.15) is 0 Å². The Kier molecular flexibility index (Phi) is 5.49. The molecule has 0 fully saturated rings. The van der Waals surface area contributed by atoms with Crippen LogP contribution in [-0.2, 0) is 16.0 Å². The van der Waals surface area contributed by atoms with E-state index in [0.29, 0.717) is 25.9 Å². The van der Waals surface area contributed by atoms with Crippen molar-refractivity contribution in [3.63, 3.8) is 0 Å². The summed E-state index contributed by atoms with van der Waals surface area (Å²) in [6, 6.07) is 6.94. The van der Waals surface area contributed by atoms with Crippen LogP contribution in [0.15, 0.2) is 24.3 Å². The predicted octanol–water partition coefficient (Wildman–Crippen LogP) is 1.61. The van der Waals surface area contributed by atoms with Crippen LogP contribution in [0.1, 0.15) is 25.3 Å². The highest BCUT2D eigenvalue weighted by Gasteiger charge is 2.10. The van der Waals surface area contributed by atoms with Gasteiger partial charge in [0.25, 0.3) is 0 Å². The molecule has 1 unspecified atom stereocenters. The van der Waals surface area contributed by atoms with Crippen molar-refractivity contribution in [2.24, 2.45) is 5.73 Å². The molecule has 4 heteroatoms. The minimum Gasteiger partial charge on any atom is -0.508 e. The van der Waals surface area contributed by atoms with E-state index in [4.69, 9.17) is 10.5 Å². The van der Waals surface area contributed by atoms with Gasteiger partial charge in [0.15, 0.2) is 0 Å². The highest BCUT2D eigenvalue weighted by Crippen LogP contribution is 2.17. The summed E-state index contributed by atoms with van der Waals surface area (Å²) in [6.07, 6.45) is 1.45. The summed E-state index contributed by atoms with van der Waals surface area (Å²) in [4.78, 5) is 11.1. The van der Waals surface area contributed by atoms with E-state index in [2.05, 4.69) is 0 Å². The molecule has 94 valence electrons. The van der Waals surface area contributed by atoms with Gasteiger partial charge in [-0.15, -0.1) is 0 Å². The van der Waals surface area contributed by atoms with Gasteiger partial charge in [-0.25, -0.2) is 0 Å². The number of hydrogen-bond donors (Lipinski definition) is 2. The van der Waals surface area contributed by atoms with E-state index in [9.17, 15) is 9.90 Å². The SMILES string of the molecule is CCOC(=O)CCC(N)Cc1ccccc1O. The molecule has 1 rings (SSSR count). The summed E-state index contributed by atoms with van der Waals surface area (Å²) in [5, 5.41) is 9.57. The summed E-state index contributed by atoms with van der Waals surface area (Å²) < 4.78 is 4.82. The molecule has 0 aromatic heterocycles. The first kappa shape index (κ1) is 13.5. The van der Waals surface area contributed by atoms with E-state index < -0.39 is 0 Å². The highest BCUT2D eigenvalue weighted by molar-refractivity contribution is 5.69. The molecular weight excluding hydrogens is 218 g/mol. The molecule has 0 spiro atoms. The van der Waals surface area contributed by atoms with Crippen molar-refractivity contribution in [1.82, 2.24) is 0 Å². The van der Waals surface area contributed by atoms with Crippen LogP contribution in [0.2, 0.25) is 0 Å². The van der Waals surface area contributed by atoms with E-state index in [1.54, 1.807) is 19.1 Å². The van der Waals surface area contributed by atoms with Crippen LogP contribution < -0.4 is 5.73 Å². The Hall–Kier alpha value is -1.55. The summed E-state index contributed by atoms with van der Waals surface area (Å²) in [5.41, 5.74) is 6.71. The predicted molar refractivity (Wildman–Crippen MR) is 65.7 cm³/mol. The zero-order valence-electron chi connectivity index (χ0n) is 10.1. The average Bonchev–Trinajstić information content (AvgIpc) is 2.30. The van der Waals surface area contributed by atoms with Crippen molar-refractivity contribution in [1.29, 1.82) is 0 Å². The van der Waals surface area contributed by atoms with Gasteiger partial charge in [-0.1, -0.05) is 18.2 Å². The number of phenolic OH excluding ortho intramolecular Hbond substituents is 1. The quantitative estimate of drug-likeness (QED) is 0.737. The molecule has 0 aliphatic rings. The lowest BCUT2D eigenvalue weighted by molar-refractivity contribution is -0.143. The molecule has 0 bridgehead atoms. The zero-order valence-corrected chi connectivity index (χ0v) is 10.1. The van der Waals surface area contributed by atoms with E-state index in [0.717, 1.165) is 5.56 Å².